The highest BCUT2D eigenvalue weighted by atomic mass is 16.5. The van der Waals surface area contributed by atoms with Crippen molar-refractivity contribution in [2.75, 3.05) is 26.4 Å². The van der Waals surface area contributed by atoms with Crippen LogP contribution in [0.4, 0.5) is 0 Å². The Morgan fingerprint density at radius 2 is 0.667 bits per heavy atom. The van der Waals surface area contributed by atoms with E-state index in [0.29, 0.717) is 13.2 Å². The lowest BCUT2D eigenvalue weighted by Gasteiger charge is -2.05. The standard InChI is InChI=1S/C18H38O3/c19-15-11-7-3-1-5-9-13-17-21-18-14-10-6-2-4-8-12-16-20/h19-20H,1-18H2. The van der Waals surface area contributed by atoms with Crippen molar-refractivity contribution in [2.45, 2.75) is 89.9 Å². The number of aliphatic hydroxyl groups excluding tert-OH is 2. The van der Waals surface area contributed by atoms with E-state index in [9.17, 15) is 0 Å². The van der Waals surface area contributed by atoms with E-state index in [-0.39, 0.29) is 0 Å². The maximum Gasteiger partial charge on any atom is 0.0466 e. The van der Waals surface area contributed by atoms with E-state index >= 15 is 0 Å². The Balaban J connectivity index is 2.90. The Morgan fingerprint density at radius 3 is 1.00 bits per heavy atom. The van der Waals surface area contributed by atoms with Gasteiger partial charge in [0.05, 0.1) is 0 Å². The largest absolute Gasteiger partial charge is 0.396 e. The highest BCUT2D eigenvalue weighted by Crippen LogP contribution is 2.08. The molecule has 0 aliphatic heterocycles. The topological polar surface area (TPSA) is 49.7 Å². The molecule has 0 aromatic heterocycles. The first-order chi connectivity index (χ1) is 10.4. The van der Waals surface area contributed by atoms with Gasteiger partial charge in [-0.2, -0.15) is 0 Å². The van der Waals surface area contributed by atoms with Crippen molar-refractivity contribution < 1.29 is 14.9 Å². The van der Waals surface area contributed by atoms with Crippen molar-refractivity contribution in [3.63, 3.8) is 0 Å². The summed E-state index contributed by atoms with van der Waals surface area (Å²) in [5.74, 6) is 0. The summed E-state index contributed by atoms with van der Waals surface area (Å²) < 4.78 is 5.66. The van der Waals surface area contributed by atoms with Gasteiger partial charge in [0.1, 0.15) is 0 Å². The van der Waals surface area contributed by atoms with Gasteiger partial charge in [-0.05, 0) is 25.7 Å². The second-order valence-corrected chi connectivity index (χ2v) is 6.01. The average Bonchev–Trinajstić information content (AvgIpc) is 2.50. The molecule has 0 heterocycles. The molecular formula is C18H38O3. The Kier molecular flexibility index (Phi) is 19.8. The molecule has 0 atom stereocenters. The van der Waals surface area contributed by atoms with Crippen molar-refractivity contribution in [1.29, 1.82) is 0 Å². The van der Waals surface area contributed by atoms with Gasteiger partial charge in [-0.1, -0.05) is 64.2 Å². The van der Waals surface area contributed by atoms with Gasteiger partial charge in [0.15, 0.2) is 0 Å². The van der Waals surface area contributed by atoms with E-state index in [0.717, 1.165) is 26.1 Å². The fourth-order valence-electron chi connectivity index (χ4n) is 2.50. The van der Waals surface area contributed by atoms with Crippen LogP contribution in [0.1, 0.15) is 89.9 Å². The molecule has 128 valence electrons. The smallest absolute Gasteiger partial charge is 0.0466 e. The fourth-order valence-corrected chi connectivity index (χ4v) is 2.50. The molecule has 0 bridgehead atoms. The van der Waals surface area contributed by atoms with Gasteiger partial charge in [-0.3, -0.25) is 0 Å². The highest BCUT2D eigenvalue weighted by Gasteiger charge is 1.94. The van der Waals surface area contributed by atoms with Crippen molar-refractivity contribution in [1.82, 2.24) is 0 Å². The quantitative estimate of drug-likeness (QED) is 0.368. The zero-order chi connectivity index (χ0) is 15.4. The second kappa shape index (κ2) is 19.9. The molecule has 3 heteroatoms. The van der Waals surface area contributed by atoms with Crippen LogP contribution in [0, 0.1) is 0 Å². The molecule has 0 aromatic rings. The molecule has 0 rings (SSSR count). The summed E-state index contributed by atoms with van der Waals surface area (Å²) in [4.78, 5) is 0. The zero-order valence-electron chi connectivity index (χ0n) is 14.0. The third-order valence-electron chi connectivity index (χ3n) is 3.89. The van der Waals surface area contributed by atoms with Crippen LogP contribution in [0.3, 0.4) is 0 Å². The molecule has 0 radical (unpaired) electrons. The van der Waals surface area contributed by atoms with E-state index in [1.165, 1.54) is 77.0 Å². The first-order valence-electron chi connectivity index (χ1n) is 9.21. The molecule has 0 aliphatic carbocycles. The third-order valence-corrected chi connectivity index (χ3v) is 3.89. The number of unbranched alkanes of at least 4 members (excludes halogenated alkanes) is 12. The van der Waals surface area contributed by atoms with Crippen molar-refractivity contribution >= 4 is 0 Å². The first kappa shape index (κ1) is 20.9. The van der Waals surface area contributed by atoms with E-state index in [4.69, 9.17) is 14.9 Å². The van der Waals surface area contributed by atoms with Crippen LogP contribution in [0.5, 0.6) is 0 Å². The highest BCUT2D eigenvalue weighted by molar-refractivity contribution is 4.47. The summed E-state index contributed by atoms with van der Waals surface area (Å²) in [6, 6.07) is 0. The summed E-state index contributed by atoms with van der Waals surface area (Å²) in [5.41, 5.74) is 0. The SMILES string of the molecule is OCCCCCCCCCOCCCCCCCCCO. The van der Waals surface area contributed by atoms with Crippen LogP contribution in [0.25, 0.3) is 0 Å². The van der Waals surface area contributed by atoms with Crippen LogP contribution in [-0.2, 0) is 4.74 Å². The first-order valence-corrected chi connectivity index (χ1v) is 9.21. The van der Waals surface area contributed by atoms with Crippen molar-refractivity contribution in [3.8, 4) is 0 Å². The maximum absolute atomic E-state index is 8.67. The molecule has 3 nitrogen and oxygen atoms in total. The molecule has 2 N–H and O–H groups in total. The summed E-state index contributed by atoms with van der Waals surface area (Å²) in [7, 11) is 0. The van der Waals surface area contributed by atoms with Gasteiger partial charge < -0.3 is 14.9 Å². The Hall–Kier alpha value is -0.120. The number of hydrogen-bond acceptors (Lipinski definition) is 3. The van der Waals surface area contributed by atoms with Gasteiger partial charge >= 0.3 is 0 Å². The number of aliphatic hydroxyl groups is 2. The van der Waals surface area contributed by atoms with Crippen molar-refractivity contribution in [2.24, 2.45) is 0 Å². The van der Waals surface area contributed by atoms with Gasteiger partial charge in [-0.25, -0.2) is 0 Å². The Labute approximate surface area is 132 Å². The lowest BCUT2D eigenvalue weighted by atomic mass is 10.1. The second-order valence-electron chi connectivity index (χ2n) is 6.01. The molecule has 0 unspecified atom stereocenters. The summed E-state index contributed by atoms with van der Waals surface area (Å²) in [5, 5.41) is 17.3. The molecule has 0 spiro atoms. The monoisotopic (exact) mass is 302 g/mol. The Bertz CT molecular complexity index is 156. The number of hydrogen-bond donors (Lipinski definition) is 2. The van der Waals surface area contributed by atoms with Gasteiger partial charge in [0.25, 0.3) is 0 Å². The summed E-state index contributed by atoms with van der Waals surface area (Å²) >= 11 is 0. The van der Waals surface area contributed by atoms with E-state index in [2.05, 4.69) is 0 Å². The minimum Gasteiger partial charge on any atom is -0.396 e. The van der Waals surface area contributed by atoms with Crippen LogP contribution in [-0.4, -0.2) is 36.6 Å². The minimum atomic E-state index is 0.344. The lowest BCUT2D eigenvalue weighted by molar-refractivity contribution is 0.125. The molecule has 0 amide bonds. The molecule has 21 heavy (non-hydrogen) atoms. The number of rotatable bonds is 18. The lowest BCUT2D eigenvalue weighted by Crippen LogP contribution is -1.97. The maximum atomic E-state index is 8.67. The van der Waals surface area contributed by atoms with Crippen LogP contribution >= 0.6 is 0 Å². The van der Waals surface area contributed by atoms with E-state index in [1.54, 1.807) is 0 Å². The molecule has 0 aliphatic rings. The van der Waals surface area contributed by atoms with Crippen LogP contribution in [0.2, 0.25) is 0 Å². The van der Waals surface area contributed by atoms with Crippen LogP contribution < -0.4 is 0 Å². The normalized spacial score (nSPS) is 11.1. The van der Waals surface area contributed by atoms with Gasteiger partial charge in [0.2, 0.25) is 0 Å². The molecule has 0 saturated heterocycles. The van der Waals surface area contributed by atoms with E-state index < -0.39 is 0 Å². The van der Waals surface area contributed by atoms with Gasteiger partial charge in [-0.15, -0.1) is 0 Å². The third kappa shape index (κ3) is 19.9. The predicted octanol–water partition coefficient (Wildman–Crippen LogP) is 4.45. The van der Waals surface area contributed by atoms with Gasteiger partial charge in [0, 0.05) is 26.4 Å². The summed E-state index contributed by atoms with van der Waals surface area (Å²) in [6.07, 6.45) is 17.0. The minimum absolute atomic E-state index is 0.344. The molecule has 0 saturated carbocycles. The number of ether oxygens (including phenoxy) is 1. The fraction of sp³-hybridized carbons (Fsp3) is 1.00. The van der Waals surface area contributed by atoms with E-state index in [1.807, 2.05) is 0 Å². The predicted molar refractivity (Wildman–Crippen MR) is 89.6 cm³/mol. The molecular weight excluding hydrogens is 264 g/mol. The zero-order valence-corrected chi connectivity index (χ0v) is 14.0. The Morgan fingerprint density at radius 1 is 0.381 bits per heavy atom. The summed E-state index contributed by atoms with van der Waals surface area (Å²) in [6.45, 7) is 2.54. The average molecular weight is 302 g/mol. The molecule has 0 aromatic carbocycles. The van der Waals surface area contributed by atoms with Crippen LogP contribution in [0.15, 0.2) is 0 Å². The van der Waals surface area contributed by atoms with Crippen molar-refractivity contribution in [3.05, 3.63) is 0 Å². The molecule has 0 fully saturated rings.